The van der Waals surface area contributed by atoms with E-state index in [1.807, 2.05) is 104 Å². The summed E-state index contributed by atoms with van der Waals surface area (Å²) in [6.45, 7) is 1.96. The van der Waals surface area contributed by atoms with Crippen LogP contribution in [-0.2, 0) is 59.3 Å². The molecule has 62 heavy (non-hydrogen) atoms. The number of benzene rings is 5. The maximum atomic E-state index is 5.95. The first-order chi connectivity index (χ1) is 30.1. The molecule has 0 radical (unpaired) electrons. The number of aryl methyl sites for hydroxylation is 6. The minimum Gasteiger partial charge on any atom is -0.486 e. The molecule has 0 aliphatic heterocycles. The predicted molar refractivity (Wildman–Crippen MR) is 245 cm³/mol. The van der Waals surface area contributed by atoms with Crippen molar-refractivity contribution in [1.29, 1.82) is 0 Å². The monoisotopic (exact) mass is 983 g/mol. The van der Waals surface area contributed by atoms with E-state index in [4.69, 9.17) is 4.42 Å². The van der Waals surface area contributed by atoms with Crippen LogP contribution in [-0.4, -0.2) is 24.5 Å². The number of nitrogens with zero attached hydrogens (tertiary/aromatic N) is 5. The fourth-order valence-corrected chi connectivity index (χ4v) is 7.87. The largest absolute Gasteiger partial charge is 3.00 e. The van der Waals surface area contributed by atoms with Crippen LogP contribution in [0.15, 0.2) is 175 Å². The smallest absolute Gasteiger partial charge is 0.486 e. The molecule has 10 rings (SSSR count). The van der Waals surface area contributed by atoms with E-state index in [1.165, 1.54) is 33.4 Å². The Morgan fingerprint density at radius 2 is 1.24 bits per heavy atom. The first kappa shape index (κ1) is 41.9. The van der Waals surface area contributed by atoms with Crippen LogP contribution in [0.5, 0.6) is 0 Å². The van der Waals surface area contributed by atoms with Crippen molar-refractivity contribution in [1.82, 2.24) is 24.5 Å². The summed E-state index contributed by atoms with van der Waals surface area (Å²) in [7, 11) is 1.96. The molecule has 0 aliphatic rings. The van der Waals surface area contributed by atoms with Gasteiger partial charge in [0, 0.05) is 42.9 Å². The van der Waals surface area contributed by atoms with Crippen LogP contribution >= 0.6 is 0 Å². The molecule has 0 aliphatic carbocycles. The minimum absolute atomic E-state index is 0. The zero-order chi connectivity index (χ0) is 41.4. The van der Waals surface area contributed by atoms with E-state index in [2.05, 4.69) is 117 Å². The van der Waals surface area contributed by atoms with Gasteiger partial charge in [0.05, 0.1) is 11.4 Å². The van der Waals surface area contributed by atoms with Gasteiger partial charge in [0.2, 0.25) is 5.71 Å². The molecule has 6 nitrogen and oxygen atoms in total. The summed E-state index contributed by atoms with van der Waals surface area (Å²) in [6.07, 6.45) is 12.3. The van der Waals surface area contributed by atoms with Gasteiger partial charge in [-0.2, -0.15) is 0 Å². The molecule has 0 bridgehead atoms. The van der Waals surface area contributed by atoms with Crippen molar-refractivity contribution in [3.63, 3.8) is 0 Å². The van der Waals surface area contributed by atoms with E-state index in [-0.39, 0.29) is 20.1 Å². The Morgan fingerprint density at radius 1 is 0.548 bits per heavy atom. The van der Waals surface area contributed by atoms with Gasteiger partial charge in [0.15, 0.2) is 0 Å². The van der Waals surface area contributed by atoms with E-state index in [9.17, 15) is 0 Å². The van der Waals surface area contributed by atoms with Gasteiger partial charge in [0.25, 0.3) is 0 Å². The van der Waals surface area contributed by atoms with E-state index < -0.39 is 0 Å². The molecule has 0 saturated heterocycles. The molecule has 5 aromatic carbocycles. The van der Waals surface area contributed by atoms with Crippen LogP contribution in [0.25, 0.3) is 56.0 Å². The standard InChI is InChI=1S/C39H32N2.C16H12N3O.Ir/c1-2-14-34(15-3-1)39-28-31(24-26-41-39)21-23-33-13-5-7-17-36(33)29-35-16-6-4-12-32(35)22-20-30-11-10-18-37(27-30)38-19-8-9-25-40-38;1-10-6-7-12-11-4-3-5-13(14(11)20-16(12)18-10)15-17-8-9-19(15)2;/h1-14,16-17,19,24-28H,20-23,29H2;3-4,6-9H,1-2H3;/q-2;-1;+3. The average molecular weight is 983 g/mol. The van der Waals surface area contributed by atoms with E-state index in [0.29, 0.717) is 5.71 Å². The van der Waals surface area contributed by atoms with E-state index in [1.54, 1.807) is 6.20 Å². The van der Waals surface area contributed by atoms with Gasteiger partial charge in [-0.3, -0.25) is 4.98 Å². The Labute approximate surface area is 376 Å². The number of aromatic nitrogens is 5. The van der Waals surface area contributed by atoms with Crippen LogP contribution in [0.1, 0.15) is 39.1 Å². The molecule has 0 N–H and O–H groups in total. The van der Waals surface area contributed by atoms with Gasteiger partial charge in [-0.15, -0.1) is 89.5 Å². The quantitative estimate of drug-likeness (QED) is 0.121. The van der Waals surface area contributed by atoms with Crippen molar-refractivity contribution >= 4 is 22.1 Å². The molecule has 304 valence electrons. The number of pyridine rings is 3. The second-order valence-electron chi connectivity index (χ2n) is 15.2. The molecule has 0 unspecified atom stereocenters. The third kappa shape index (κ3) is 9.71. The third-order valence-corrected chi connectivity index (χ3v) is 11.1. The number of fused-ring (bicyclic) bond motifs is 3. The minimum atomic E-state index is 0. The fourth-order valence-electron chi connectivity index (χ4n) is 7.87. The average Bonchev–Trinajstić information content (AvgIpc) is 3.92. The number of hydrogen-bond donors (Lipinski definition) is 0. The molecule has 0 fully saturated rings. The SMILES string of the molecule is Cc1ccc2c(n1)oc1c(-c3nccn3C)[c-]ccc12.[Ir+3].[c-]1ccccc1-c1cc(CCc2ccccc2Cc2ccccc2CCc2cc[c-]c(-c3ccccn3)c2)ccn1. The molecule has 10 aromatic rings. The molecular formula is C55H44IrN5O. The Balaban J connectivity index is 0.000000210. The van der Waals surface area contributed by atoms with E-state index >= 15 is 0 Å². The number of imidazole rings is 1. The van der Waals surface area contributed by atoms with Gasteiger partial charge in [-0.1, -0.05) is 83.2 Å². The zero-order valence-electron chi connectivity index (χ0n) is 34.7. The molecular weight excluding hydrogens is 939 g/mol. The summed E-state index contributed by atoms with van der Waals surface area (Å²) < 4.78 is 7.90. The summed E-state index contributed by atoms with van der Waals surface area (Å²) in [5.74, 6) is 0.839. The molecule has 0 atom stereocenters. The van der Waals surface area contributed by atoms with Crippen molar-refractivity contribution in [2.24, 2.45) is 7.05 Å². The van der Waals surface area contributed by atoms with Crippen molar-refractivity contribution in [3.05, 3.63) is 228 Å². The summed E-state index contributed by atoms with van der Waals surface area (Å²) in [5.41, 5.74) is 15.5. The van der Waals surface area contributed by atoms with Crippen LogP contribution in [0.3, 0.4) is 0 Å². The summed E-state index contributed by atoms with van der Waals surface area (Å²) in [4.78, 5) is 17.9. The second kappa shape index (κ2) is 19.7. The molecule has 7 heteroatoms. The normalized spacial score (nSPS) is 10.9. The third-order valence-electron chi connectivity index (χ3n) is 11.1. The second-order valence-corrected chi connectivity index (χ2v) is 15.2. The molecule has 0 saturated carbocycles. The predicted octanol–water partition coefficient (Wildman–Crippen LogP) is 12.1. The molecule has 0 amide bonds. The van der Waals surface area contributed by atoms with E-state index in [0.717, 1.165) is 88.1 Å². The molecule has 5 heterocycles. The Morgan fingerprint density at radius 3 is 1.95 bits per heavy atom. The first-order valence-corrected chi connectivity index (χ1v) is 20.7. The topological polar surface area (TPSA) is 69.6 Å². The Hall–Kier alpha value is -6.79. The van der Waals surface area contributed by atoms with Gasteiger partial charge in [-0.25, -0.2) is 4.98 Å². The van der Waals surface area contributed by atoms with Crippen LogP contribution in [0.4, 0.5) is 0 Å². The van der Waals surface area contributed by atoms with Crippen LogP contribution < -0.4 is 0 Å². The zero-order valence-corrected chi connectivity index (χ0v) is 37.1. The number of rotatable bonds is 11. The maximum absolute atomic E-state index is 5.95. The first-order valence-electron chi connectivity index (χ1n) is 20.7. The van der Waals surface area contributed by atoms with Crippen molar-refractivity contribution in [2.45, 2.75) is 39.0 Å². The number of hydrogen-bond acceptors (Lipinski definition) is 5. The summed E-state index contributed by atoms with van der Waals surface area (Å²) in [6, 6.07) is 60.4. The van der Waals surface area contributed by atoms with Gasteiger partial charge >= 0.3 is 20.1 Å². The van der Waals surface area contributed by atoms with Crippen molar-refractivity contribution in [3.8, 4) is 33.9 Å². The fraction of sp³-hybridized carbons (Fsp3) is 0.127. The Bertz CT molecular complexity index is 2920. The van der Waals surface area contributed by atoms with Crippen molar-refractivity contribution in [2.75, 3.05) is 0 Å². The van der Waals surface area contributed by atoms with Crippen LogP contribution in [0, 0.1) is 25.1 Å². The van der Waals surface area contributed by atoms with Gasteiger partial charge in [-0.05, 0) is 96.9 Å². The maximum Gasteiger partial charge on any atom is 3.00 e. The molecule has 0 spiro atoms. The van der Waals surface area contributed by atoms with Gasteiger partial charge < -0.3 is 19.0 Å². The van der Waals surface area contributed by atoms with Gasteiger partial charge in [0.1, 0.15) is 0 Å². The summed E-state index contributed by atoms with van der Waals surface area (Å²) in [5, 5.41) is 2.07. The van der Waals surface area contributed by atoms with Crippen molar-refractivity contribution < 1.29 is 24.5 Å². The Kier molecular flexibility index (Phi) is 13.3. The summed E-state index contributed by atoms with van der Waals surface area (Å²) >= 11 is 0. The molecule has 5 aromatic heterocycles. The van der Waals surface area contributed by atoms with Crippen LogP contribution in [0.2, 0.25) is 0 Å². The number of furan rings is 1.